The number of ether oxygens (including phenoxy) is 2. The summed E-state index contributed by atoms with van der Waals surface area (Å²) in [6, 6.07) is 24.9. The molecule has 1 saturated heterocycles. The van der Waals surface area contributed by atoms with E-state index in [-0.39, 0.29) is 18.3 Å². The Balaban J connectivity index is 0.829. The van der Waals surface area contributed by atoms with Crippen LogP contribution < -0.4 is 5.32 Å². The zero-order valence-corrected chi connectivity index (χ0v) is 33.9. The number of unbranched alkanes of at least 4 members (excludes halogenated alkanes) is 1. The molecule has 11 nitrogen and oxygen atoms in total. The highest BCUT2D eigenvalue weighted by molar-refractivity contribution is 5.78. The van der Waals surface area contributed by atoms with Crippen LogP contribution in [0.2, 0.25) is 0 Å². The zero-order valence-electron chi connectivity index (χ0n) is 33.9. The van der Waals surface area contributed by atoms with E-state index in [1.54, 1.807) is 0 Å². The van der Waals surface area contributed by atoms with Gasteiger partial charge < -0.3 is 30.1 Å². The lowest BCUT2D eigenvalue weighted by Gasteiger charge is -2.33. The molecule has 6 rings (SSSR count). The van der Waals surface area contributed by atoms with Gasteiger partial charge in [-0.1, -0.05) is 72.8 Å². The summed E-state index contributed by atoms with van der Waals surface area (Å²) in [5.41, 5.74) is 5.78. The van der Waals surface area contributed by atoms with E-state index in [0.29, 0.717) is 57.4 Å². The van der Waals surface area contributed by atoms with Crippen molar-refractivity contribution in [2.75, 3.05) is 13.1 Å². The predicted octanol–water partition coefficient (Wildman–Crippen LogP) is 7.38. The highest BCUT2D eigenvalue weighted by Gasteiger charge is 2.40. The first-order valence-corrected chi connectivity index (χ1v) is 21.3. The maximum atomic E-state index is 12.5. The van der Waals surface area contributed by atoms with Gasteiger partial charge in [0.1, 0.15) is 0 Å². The van der Waals surface area contributed by atoms with Gasteiger partial charge in [0.15, 0.2) is 0 Å². The first-order valence-electron chi connectivity index (χ1n) is 21.3. The average Bonchev–Trinajstić information content (AvgIpc) is 3.79. The normalized spacial score (nSPS) is 22.2. The number of esters is 1. The molecule has 312 valence electrons. The number of aliphatic hydroxyl groups is 3. The second-order valence-electron chi connectivity index (χ2n) is 16.4. The third-order valence-electron chi connectivity index (χ3n) is 11.8. The molecular formula is C47H62N4O7. The number of aryl methyl sites for hydroxylation is 1. The Bertz CT molecular complexity index is 1900. The summed E-state index contributed by atoms with van der Waals surface area (Å²) < 4.78 is 10.6. The SMILES string of the molecule is CC(OC(=O)CCC/C=C\C[C@@H]1[C@@H](CC[C@@H](O)CCc2ccccc2)[C@H](O)C[C@@H]1O)OC(=O)NCc1cccc(CN2CCC[C@H](Cc3ccc4[nH]ncc4c3)C2)c1. The molecule has 1 aliphatic heterocycles. The number of piperidine rings is 1. The van der Waals surface area contributed by atoms with Crippen molar-refractivity contribution in [2.24, 2.45) is 17.8 Å². The molecule has 1 unspecified atom stereocenters. The van der Waals surface area contributed by atoms with Crippen LogP contribution in [-0.2, 0) is 40.2 Å². The van der Waals surface area contributed by atoms with Crippen LogP contribution in [0, 0.1) is 17.8 Å². The van der Waals surface area contributed by atoms with E-state index in [1.807, 2.05) is 48.7 Å². The van der Waals surface area contributed by atoms with Gasteiger partial charge in [-0.3, -0.25) is 14.8 Å². The number of aliphatic hydroxyl groups excluding tert-OH is 3. The molecule has 0 radical (unpaired) electrons. The smallest absolute Gasteiger partial charge is 0.410 e. The molecule has 2 aliphatic rings. The van der Waals surface area contributed by atoms with Crippen LogP contribution in [0.5, 0.6) is 0 Å². The molecule has 2 fully saturated rings. The summed E-state index contributed by atoms with van der Waals surface area (Å²) >= 11 is 0. The number of nitrogens with zero attached hydrogens (tertiary/aromatic N) is 2. The zero-order chi connectivity index (χ0) is 40.7. The molecule has 5 N–H and O–H groups in total. The number of likely N-dealkylation sites (tertiary alicyclic amines) is 1. The summed E-state index contributed by atoms with van der Waals surface area (Å²) in [5, 5.41) is 42.9. The summed E-state index contributed by atoms with van der Waals surface area (Å²) in [7, 11) is 0. The van der Waals surface area contributed by atoms with Crippen molar-refractivity contribution in [1.82, 2.24) is 20.4 Å². The fourth-order valence-corrected chi connectivity index (χ4v) is 8.79. The first-order chi connectivity index (χ1) is 28.2. The van der Waals surface area contributed by atoms with E-state index >= 15 is 0 Å². The number of allylic oxidation sites excluding steroid dienone is 2. The van der Waals surface area contributed by atoms with Crippen molar-refractivity contribution in [3.05, 3.63) is 113 Å². The third kappa shape index (κ3) is 13.5. The molecule has 58 heavy (non-hydrogen) atoms. The number of amides is 1. The number of nitrogens with one attached hydrogen (secondary N) is 2. The highest BCUT2D eigenvalue weighted by Crippen LogP contribution is 2.38. The van der Waals surface area contributed by atoms with E-state index in [9.17, 15) is 24.9 Å². The number of alkyl carbamates (subject to hydrolysis) is 1. The number of aromatic nitrogens is 2. The van der Waals surface area contributed by atoms with Crippen LogP contribution in [0.25, 0.3) is 10.9 Å². The molecule has 1 aromatic heterocycles. The quantitative estimate of drug-likeness (QED) is 0.0267. The van der Waals surface area contributed by atoms with Gasteiger partial charge in [0, 0.05) is 38.4 Å². The van der Waals surface area contributed by atoms with E-state index in [4.69, 9.17) is 9.47 Å². The molecule has 0 bridgehead atoms. The number of rotatable bonds is 20. The van der Waals surface area contributed by atoms with Gasteiger partial charge in [0.2, 0.25) is 6.29 Å². The van der Waals surface area contributed by atoms with Gasteiger partial charge in [-0.2, -0.15) is 5.10 Å². The molecule has 1 amide bonds. The standard InChI is InChI=1S/C47H62N4O7/c1-33(57-46(55)17-8-3-2-7-16-41-42(45(54)28-44(41)53)22-21-40(52)20-18-34-11-5-4-6-12-34)58-47(56)48-29-36-13-9-14-37(26-36)31-51-24-10-15-38(32-51)25-35-19-23-43-39(27-35)30-49-50-43/h2,4-7,9,11-14,19,23,26-27,30,33,38,40-42,44-45,52-54H,3,8,10,15-18,20-22,24-25,28-29,31-32H2,1H3,(H,48,56)(H,49,50)/b7-2-/t33?,38-,40+,41-,42-,44+,45-/m1/s1. The maximum Gasteiger partial charge on any atom is 0.410 e. The average molecular weight is 795 g/mol. The van der Waals surface area contributed by atoms with E-state index in [1.165, 1.54) is 36.5 Å². The summed E-state index contributed by atoms with van der Waals surface area (Å²) in [6.07, 6.45) is 11.2. The van der Waals surface area contributed by atoms with Crippen molar-refractivity contribution in [3.63, 3.8) is 0 Å². The Morgan fingerprint density at radius 2 is 1.76 bits per heavy atom. The Morgan fingerprint density at radius 3 is 2.62 bits per heavy atom. The van der Waals surface area contributed by atoms with Crippen LogP contribution in [0.4, 0.5) is 4.79 Å². The van der Waals surface area contributed by atoms with Gasteiger partial charge in [0.05, 0.1) is 30.0 Å². The first kappa shape index (κ1) is 43.0. The van der Waals surface area contributed by atoms with Gasteiger partial charge in [-0.05, 0) is 129 Å². The van der Waals surface area contributed by atoms with Crippen LogP contribution in [0.3, 0.4) is 0 Å². The molecule has 0 spiro atoms. The Morgan fingerprint density at radius 1 is 0.948 bits per heavy atom. The molecule has 4 aromatic rings. The second-order valence-corrected chi connectivity index (χ2v) is 16.4. The topological polar surface area (TPSA) is 157 Å². The van der Waals surface area contributed by atoms with Crippen molar-refractivity contribution in [1.29, 1.82) is 0 Å². The van der Waals surface area contributed by atoms with Gasteiger partial charge in [-0.15, -0.1) is 0 Å². The van der Waals surface area contributed by atoms with Crippen molar-refractivity contribution in [2.45, 2.75) is 122 Å². The minimum atomic E-state index is -1.02. The monoisotopic (exact) mass is 794 g/mol. The van der Waals surface area contributed by atoms with Gasteiger partial charge in [-0.25, -0.2) is 4.79 Å². The Labute approximate surface area is 342 Å². The lowest BCUT2D eigenvalue weighted by Crippen LogP contribution is -2.35. The summed E-state index contributed by atoms with van der Waals surface area (Å²) in [4.78, 5) is 27.5. The Hall–Kier alpha value is -4.55. The predicted molar refractivity (Wildman–Crippen MR) is 224 cm³/mol. The van der Waals surface area contributed by atoms with E-state index in [0.717, 1.165) is 48.9 Å². The van der Waals surface area contributed by atoms with Crippen molar-refractivity contribution in [3.8, 4) is 0 Å². The number of benzene rings is 3. The summed E-state index contributed by atoms with van der Waals surface area (Å²) in [5.74, 6) is 0.0242. The lowest BCUT2D eigenvalue weighted by molar-refractivity contribution is -0.164. The number of H-pyrrole nitrogens is 1. The number of fused-ring (bicyclic) bond motifs is 1. The second kappa shape index (κ2) is 22.0. The largest absolute Gasteiger partial charge is 0.425 e. The summed E-state index contributed by atoms with van der Waals surface area (Å²) in [6.45, 7) is 4.80. The van der Waals surface area contributed by atoms with Crippen molar-refractivity contribution >= 4 is 23.0 Å². The molecule has 2 heterocycles. The van der Waals surface area contributed by atoms with Crippen LogP contribution in [0.15, 0.2) is 91.1 Å². The molecule has 1 saturated carbocycles. The van der Waals surface area contributed by atoms with E-state index < -0.39 is 36.7 Å². The molecule has 1 aliphatic carbocycles. The highest BCUT2D eigenvalue weighted by atomic mass is 16.7. The number of hydrogen-bond donors (Lipinski definition) is 5. The number of hydrogen-bond acceptors (Lipinski definition) is 9. The third-order valence-corrected chi connectivity index (χ3v) is 11.8. The minimum absolute atomic E-state index is 0.0654. The Kier molecular flexibility index (Phi) is 16.3. The van der Waals surface area contributed by atoms with Crippen LogP contribution in [0.1, 0.15) is 93.4 Å². The lowest BCUT2D eigenvalue weighted by atomic mass is 9.85. The minimum Gasteiger partial charge on any atom is -0.425 e. The fourth-order valence-electron chi connectivity index (χ4n) is 8.79. The number of aromatic amines is 1. The number of carbonyl (C=O) groups is 2. The molecule has 3 aromatic carbocycles. The molecular weight excluding hydrogens is 733 g/mol. The van der Waals surface area contributed by atoms with Crippen LogP contribution in [-0.4, -0.2) is 80.2 Å². The van der Waals surface area contributed by atoms with Gasteiger partial charge in [0.25, 0.3) is 0 Å². The van der Waals surface area contributed by atoms with Crippen LogP contribution >= 0.6 is 0 Å². The molecule has 11 heteroatoms. The number of carbonyl (C=O) groups excluding carboxylic acids is 2. The van der Waals surface area contributed by atoms with E-state index in [2.05, 4.69) is 62.9 Å². The fraction of sp³-hybridized carbons (Fsp3) is 0.511. The molecule has 7 atom stereocenters. The van der Waals surface area contributed by atoms with Crippen molar-refractivity contribution < 1.29 is 34.4 Å². The maximum absolute atomic E-state index is 12.5. The van der Waals surface area contributed by atoms with Gasteiger partial charge >= 0.3 is 12.1 Å².